The Balaban J connectivity index is 1.83. The van der Waals surface area contributed by atoms with Crippen LogP contribution in [0, 0.1) is 20.8 Å². The van der Waals surface area contributed by atoms with Crippen LogP contribution in [0.1, 0.15) is 34.7 Å². The second-order valence-corrected chi connectivity index (χ2v) is 13.6. The summed E-state index contributed by atoms with van der Waals surface area (Å²) in [4.78, 5) is 29.7. The van der Waals surface area contributed by atoms with E-state index in [1.165, 1.54) is 9.21 Å². The molecule has 0 heterocycles. The summed E-state index contributed by atoms with van der Waals surface area (Å²) in [5.41, 5.74) is 4.59. The molecule has 0 spiro atoms. The van der Waals surface area contributed by atoms with Crippen molar-refractivity contribution < 1.29 is 18.0 Å². The van der Waals surface area contributed by atoms with Crippen molar-refractivity contribution in [3.05, 3.63) is 129 Å². The molecule has 44 heavy (non-hydrogen) atoms. The topological polar surface area (TPSA) is 86.8 Å². The van der Waals surface area contributed by atoms with Crippen molar-refractivity contribution in [3.8, 4) is 0 Å². The highest BCUT2D eigenvalue weighted by molar-refractivity contribution is 9.10. The first-order valence-electron chi connectivity index (χ1n) is 14.5. The van der Waals surface area contributed by atoms with Gasteiger partial charge in [-0.3, -0.25) is 13.9 Å². The smallest absolute Gasteiger partial charge is 0.264 e. The molecule has 9 heteroatoms. The maximum absolute atomic E-state index is 14.5. The van der Waals surface area contributed by atoms with Crippen molar-refractivity contribution in [1.29, 1.82) is 0 Å². The first-order chi connectivity index (χ1) is 21.0. The minimum Gasteiger partial charge on any atom is -0.355 e. The lowest BCUT2D eigenvalue weighted by molar-refractivity contribution is -0.140. The van der Waals surface area contributed by atoms with E-state index in [1.807, 2.05) is 94.4 Å². The van der Waals surface area contributed by atoms with Crippen LogP contribution >= 0.6 is 15.9 Å². The van der Waals surface area contributed by atoms with Crippen molar-refractivity contribution in [3.63, 3.8) is 0 Å². The molecule has 0 fully saturated rings. The molecular weight excluding hydrogens is 638 g/mol. The van der Waals surface area contributed by atoms with Gasteiger partial charge in [0.1, 0.15) is 12.6 Å². The summed E-state index contributed by atoms with van der Waals surface area (Å²) in [5.74, 6) is -0.798. The van der Waals surface area contributed by atoms with Gasteiger partial charge in [0.25, 0.3) is 10.0 Å². The van der Waals surface area contributed by atoms with Crippen LogP contribution in [-0.2, 0) is 32.6 Å². The molecule has 4 rings (SSSR count). The first kappa shape index (κ1) is 33.0. The molecule has 1 atom stereocenters. The maximum atomic E-state index is 14.5. The van der Waals surface area contributed by atoms with E-state index in [0.717, 1.165) is 26.7 Å². The zero-order valence-electron chi connectivity index (χ0n) is 25.5. The minimum atomic E-state index is -4.16. The number of likely N-dealkylation sites (N-methyl/N-ethyl adjacent to an activating group) is 1. The number of rotatable bonds is 12. The number of sulfonamides is 1. The van der Waals surface area contributed by atoms with Crippen molar-refractivity contribution in [1.82, 2.24) is 10.2 Å². The molecule has 0 radical (unpaired) electrons. The number of hydrogen-bond acceptors (Lipinski definition) is 4. The zero-order valence-corrected chi connectivity index (χ0v) is 27.9. The largest absolute Gasteiger partial charge is 0.355 e. The quantitative estimate of drug-likeness (QED) is 0.190. The molecule has 0 aliphatic carbocycles. The number of carbonyl (C=O) groups is 2. The molecule has 230 valence electrons. The number of anilines is 1. The summed E-state index contributed by atoms with van der Waals surface area (Å²) in [6.07, 6.45) is 0.264. The Kier molecular flexibility index (Phi) is 11.0. The van der Waals surface area contributed by atoms with Crippen LogP contribution in [-0.4, -0.2) is 44.3 Å². The van der Waals surface area contributed by atoms with Gasteiger partial charge in [-0.1, -0.05) is 88.2 Å². The van der Waals surface area contributed by atoms with E-state index < -0.39 is 28.5 Å². The Morgan fingerprint density at radius 2 is 1.48 bits per heavy atom. The predicted octanol–water partition coefficient (Wildman–Crippen LogP) is 6.35. The van der Waals surface area contributed by atoms with E-state index in [9.17, 15) is 18.0 Å². The number of halogens is 1. The fourth-order valence-electron chi connectivity index (χ4n) is 5.02. The van der Waals surface area contributed by atoms with Crippen LogP contribution in [0.25, 0.3) is 0 Å². The minimum absolute atomic E-state index is 0.0832. The van der Waals surface area contributed by atoms with Gasteiger partial charge >= 0.3 is 0 Å². The molecule has 0 saturated carbocycles. The number of hydrogen-bond donors (Lipinski definition) is 1. The van der Waals surface area contributed by atoms with E-state index in [4.69, 9.17) is 0 Å². The zero-order chi connectivity index (χ0) is 31.9. The maximum Gasteiger partial charge on any atom is 0.264 e. The number of amides is 2. The Morgan fingerprint density at radius 1 is 0.818 bits per heavy atom. The molecule has 0 bridgehead atoms. The van der Waals surface area contributed by atoms with E-state index in [-0.39, 0.29) is 23.8 Å². The molecule has 0 unspecified atom stereocenters. The summed E-state index contributed by atoms with van der Waals surface area (Å²) < 4.78 is 30.5. The Morgan fingerprint density at radius 3 is 2.14 bits per heavy atom. The van der Waals surface area contributed by atoms with Crippen LogP contribution in [0.15, 0.2) is 106 Å². The molecule has 0 aliphatic rings. The van der Waals surface area contributed by atoms with E-state index in [1.54, 1.807) is 30.3 Å². The Labute approximate surface area is 269 Å². The second-order valence-electron chi connectivity index (χ2n) is 10.9. The second kappa shape index (κ2) is 14.7. The molecular formula is C35H38BrN3O4S. The molecule has 1 N–H and O–H groups in total. The number of nitrogens with zero attached hydrogens (tertiary/aromatic N) is 2. The third kappa shape index (κ3) is 8.15. The average Bonchev–Trinajstić information content (AvgIpc) is 2.99. The van der Waals surface area contributed by atoms with Crippen LogP contribution in [0.2, 0.25) is 0 Å². The van der Waals surface area contributed by atoms with Crippen molar-refractivity contribution in [2.24, 2.45) is 0 Å². The van der Waals surface area contributed by atoms with E-state index >= 15 is 0 Å². The van der Waals surface area contributed by atoms with Gasteiger partial charge in [0, 0.05) is 24.0 Å². The highest BCUT2D eigenvalue weighted by atomic mass is 79.9. The van der Waals surface area contributed by atoms with Crippen LogP contribution in [0.3, 0.4) is 0 Å². The summed E-state index contributed by atoms with van der Waals surface area (Å²) >= 11 is 3.51. The summed E-state index contributed by atoms with van der Waals surface area (Å²) in [6.45, 7) is 7.43. The normalized spacial score (nSPS) is 11.9. The van der Waals surface area contributed by atoms with Crippen LogP contribution < -0.4 is 9.62 Å². The molecule has 0 aliphatic heterocycles. The van der Waals surface area contributed by atoms with Gasteiger partial charge < -0.3 is 10.2 Å². The van der Waals surface area contributed by atoms with Gasteiger partial charge in [0.05, 0.1) is 10.6 Å². The lowest BCUT2D eigenvalue weighted by Crippen LogP contribution is -2.53. The van der Waals surface area contributed by atoms with Gasteiger partial charge in [0.2, 0.25) is 11.8 Å². The third-order valence-electron chi connectivity index (χ3n) is 7.39. The van der Waals surface area contributed by atoms with E-state index in [0.29, 0.717) is 17.8 Å². The lowest BCUT2D eigenvalue weighted by Gasteiger charge is -2.34. The molecule has 0 aromatic heterocycles. The van der Waals surface area contributed by atoms with Crippen molar-refractivity contribution >= 4 is 43.5 Å². The van der Waals surface area contributed by atoms with Gasteiger partial charge in [-0.05, 0) is 80.3 Å². The third-order valence-corrected chi connectivity index (χ3v) is 9.65. The monoisotopic (exact) mass is 675 g/mol. The molecule has 4 aromatic rings. The van der Waals surface area contributed by atoms with Crippen LogP contribution in [0.5, 0.6) is 0 Å². The Bertz CT molecular complexity index is 1710. The van der Waals surface area contributed by atoms with Gasteiger partial charge in [-0.25, -0.2) is 8.42 Å². The van der Waals surface area contributed by atoms with Gasteiger partial charge in [0.15, 0.2) is 0 Å². The highest BCUT2D eigenvalue weighted by Crippen LogP contribution is 2.29. The number of benzene rings is 4. The molecule has 2 amide bonds. The number of nitrogens with one attached hydrogen (secondary N) is 1. The fraction of sp³-hybridized carbons (Fsp3) is 0.257. The van der Waals surface area contributed by atoms with Crippen LogP contribution in [0.4, 0.5) is 5.69 Å². The van der Waals surface area contributed by atoms with E-state index in [2.05, 4.69) is 21.2 Å². The summed E-state index contributed by atoms with van der Waals surface area (Å²) in [7, 11) is -4.16. The first-order valence-corrected chi connectivity index (χ1v) is 16.7. The fourth-order valence-corrected chi connectivity index (χ4v) is 6.93. The van der Waals surface area contributed by atoms with Gasteiger partial charge in [-0.2, -0.15) is 0 Å². The Hall–Kier alpha value is -3.95. The molecule has 7 nitrogen and oxygen atoms in total. The average molecular weight is 677 g/mol. The predicted molar refractivity (Wildman–Crippen MR) is 179 cm³/mol. The van der Waals surface area contributed by atoms with Gasteiger partial charge in [-0.15, -0.1) is 0 Å². The number of carbonyl (C=O) groups excluding carboxylic acids is 2. The van der Waals surface area contributed by atoms with Crippen molar-refractivity contribution in [2.75, 3.05) is 17.4 Å². The highest BCUT2D eigenvalue weighted by Gasteiger charge is 2.35. The standard InChI is InChI=1S/C35H38BrN3O4S/c1-5-37-35(41)33(22-28-10-7-6-8-11-28)38(23-29-12-9-13-30(36)21-29)34(40)24-39(32-20-26(3)14-17-27(32)4)44(42,43)31-18-15-25(2)16-19-31/h6-21,33H,5,22-24H2,1-4H3,(H,37,41)/t33-/m0/s1. The number of aryl methyl sites for hydroxylation is 3. The SMILES string of the molecule is CCNC(=O)[C@H](Cc1ccccc1)N(Cc1cccc(Br)c1)C(=O)CN(c1cc(C)ccc1C)S(=O)(=O)c1ccc(C)cc1. The summed E-state index contributed by atoms with van der Waals surface area (Å²) in [5, 5.41) is 2.89. The van der Waals surface area contributed by atoms with Crippen molar-refractivity contribution in [2.45, 2.75) is 51.6 Å². The lowest BCUT2D eigenvalue weighted by atomic mass is 10.0. The molecule has 4 aromatic carbocycles. The summed E-state index contributed by atoms with van der Waals surface area (Å²) in [6, 6.07) is 28.3. The molecule has 0 saturated heterocycles.